The normalized spacial score (nSPS) is 11.5. The zero-order valence-corrected chi connectivity index (χ0v) is 14.0. The van der Waals surface area contributed by atoms with Crippen molar-refractivity contribution in [2.24, 2.45) is 0 Å². The van der Waals surface area contributed by atoms with Crippen molar-refractivity contribution in [3.8, 4) is 11.5 Å². The van der Waals surface area contributed by atoms with Crippen LogP contribution in [-0.2, 0) is 22.3 Å². The first-order valence-corrected chi connectivity index (χ1v) is 8.99. The SMILES string of the molecule is O=S(=O)(Cc1ccc(Cl)cc1)NCc1nnc(-c2cccnc2)o1. The molecule has 0 saturated carbocycles. The van der Waals surface area contributed by atoms with Gasteiger partial charge in [0.25, 0.3) is 0 Å². The van der Waals surface area contributed by atoms with Crippen LogP contribution in [0.15, 0.2) is 53.2 Å². The lowest BCUT2D eigenvalue weighted by Crippen LogP contribution is -2.24. The molecule has 0 fully saturated rings. The number of nitrogens with zero attached hydrogens (tertiary/aromatic N) is 3. The van der Waals surface area contributed by atoms with Gasteiger partial charge in [-0.3, -0.25) is 4.98 Å². The van der Waals surface area contributed by atoms with Crippen LogP contribution in [0.3, 0.4) is 0 Å². The number of pyridine rings is 1. The Morgan fingerprint density at radius 3 is 2.62 bits per heavy atom. The van der Waals surface area contributed by atoms with E-state index in [-0.39, 0.29) is 24.1 Å². The van der Waals surface area contributed by atoms with E-state index in [4.69, 9.17) is 16.0 Å². The number of rotatable bonds is 6. The highest BCUT2D eigenvalue weighted by molar-refractivity contribution is 7.88. The zero-order valence-electron chi connectivity index (χ0n) is 12.4. The lowest BCUT2D eigenvalue weighted by atomic mass is 10.2. The van der Waals surface area contributed by atoms with E-state index in [1.807, 2.05) is 0 Å². The van der Waals surface area contributed by atoms with E-state index in [1.54, 1.807) is 48.8 Å². The smallest absolute Gasteiger partial charge is 0.249 e. The first-order chi connectivity index (χ1) is 11.5. The molecule has 7 nitrogen and oxygen atoms in total. The molecular formula is C15H13ClN4O3S. The minimum atomic E-state index is -3.53. The summed E-state index contributed by atoms with van der Waals surface area (Å²) in [7, 11) is -3.53. The van der Waals surface area contributed by atoms with Gasteiger partial charge >= 0.3 is 0 Å². The molecule has 24 heavy (non-hydrogen) atoms. The molecule has 0 atom stereocenters. The van der Waals surface area contributed by atoms with E-state index in [0.29, 0.717) is 16.1 Å². The first kappa shape index (κ1) is 16.6. The minimum Gasteiger partial charge on any atom is -0.419 e. The number of halogens is 1. The number of nitrogens with one attached hydrogen (secondary N) is 1. The monoisotopic (exact) mass is 364 g/mol. The van der Waals surface area contributed by atoms with E-state index >= 15 is 0 Å². The molecule has 1 N–H and O–H groups in total. The summed E-state index contributed by atoms with van der Waals surface area (Å²) in [6.45, 7) is -0.0802. The number of hydrogen-bond donors (Lipinski definition) is 1. The van der Waals surface area contributed by atoms with Gasteiger partial charge in [-0.2, -0.15) is 0 Å². The van der Waals surface area contributed by atoms with E-state index < -0.39 is 10.0 Å². The summed E-state index contributed by atoms with van der Waals surface area (Å²) >= 11 is 5.78. The van der Waals surface area contributed by atoms with Gasteiger partial charge in [-0.1, -0.05) is 23.7 Å². The Hall–Kier alpha value is -2.29. The van der Waals surface area contributed by atoms with E-state index in [9.17, 15) is 8.42 Å². The highest BCUT2D eigenvalue weighted by atomic mass is 35.5. The standard InChI is InChI=1S/C15H13ClN4O3S/c16-13-5-3-11(4-6-13)10-24(21,22)18-9-14-19-20-15(23-14)12-2-1-7-17-8-12/h1-8,18H,9-10H2. The Bertz CT molecular complexity index is 911. The fraction of sp³-hybridized carbons (Fsp3) is 0.133. The van der Waals surface area contributed by atoms with Crippen LogP contribution in [0.1, 0.15) is 11.5 Å². The van der Waals surface area contributed by atoms with Crippen molar-refractivity contribution in [3.05, 3.63) is 65.3 Å². The molecule has 9 heteroatoms. The second-order valence-electron chi connectivity index (χ2n) is 4.95. The van der Waals surface area contributed by atoms with Crippen molar-refractivity contribution in [3.63, 3.8) is 0 Å². The van der Waals surface area contributed by atoms with Crippen LogP contribution >= 0.6 is 11.6 Å². The lowest BCUT2D eigenvalue weighted by molar-refractivity contribution is 0.494. The second kappa shape index (κ2) is 7.08. The highest BCUT2D eigenvalue weighted by Crippen LogP contribution is 2.16. The van der Waals surface area contributed by atoms with Crippen molar-refractivity contribution in [1.29, 1.82) is 0 Å². The quantitative estimate of drug-likeness (QED) is 0.721. The van der Waals surface area contributed by atoms with Crippen LogP contribution in [0, 0.1) is 0 Å². The third-order valence-electron chi connectivity index (χ3n) is 3.09. The van der Waals surface area contributed by atoms with Crippen LogP contribution in [0.25, 0.3) is 11.5 Å². The van der Waals surface area contributed by atoms with Gasteiger partial charge in [0.15, 0.2) is 0 Å². The average Bonchev–Trinajstić information content (AvgIpc) is 3.05. The van der Waals surface area contributed by atoms with Crippen molar-refractivity contribution in [2.75, 3.05) is 0 Å². The maximum absolute atomic E-state index is 12.1. The highest BCUT2D eigenvalue weighted by Gasteiger charge is 2.14. The fourth-order valence-electron chi connectivity index (χ4n) is 1.95. The molecule has 124 valence electrons. The van der Waals surface area contributed by atoms with E-state index in [0.717, 1.165) is 0 Å². The third kappa shape index (κ3) is 4.38. The molecule has 0 aliphatic carbocycles. The molecule has 3 aromatic rings. The molecule has 0 saturated heterocycles. The van der Waals surface area contributed by atoms with Crippen molar-refractivity contribution < 1.29 is 12.8 Å². The Kier molecular flexibility index (Phi) is 4.89. The molecule has 3 rings (SSSR count). The maximum Gasteiger partial charge on any atom is 0.249 e. The molecule has 0 aliphatic heterocycles. The van der Waals surface area contributed by atoms with E-state index in [2.05, 4.69) is 19.9 Å². The van der Waals surface area contributed by atoms with Gasteiger partial charge in [0.2, 0.25) is 21.8 Å². The fourth-order valence-corrected chi connectivity index (χ4v) is 3.16. The Morgan fingerprint density at radius 1 is 1.12 bits per heavy atom. The van der Waals surface area contributed by atoms with Gasteiger partial charge in [-0.25, -0.2) is 13.1 Å². The molecule has 2 heterocycles. The van der Waals surface area contributed by atoms with Crippen molar-refractivity contribution in [1.82, 2.24) is 19.9 Å². The largest absolute Gasteiger partial charge is 0.419 e. The summed E-state index contributed by atoms with van der Waals surface area (Å²) in [6.07, 6.45) is 3.22. The summed E-state index contributed by atoms with van der Waals surface area (Å²) < 4.78 is 32.0. The summed E-state index contributed by atoms with van der Waals surface area (Å²) in [5, 5.41) is 8.25. The predicted molar refractivity (Wildman–Crippen MR) is 88.4 cm³/mol. The van der Waals surface area contributed by atoms with Gasteiger partial charge in [-0.05, 0) is 29.8 Å². The molecule has 0 aliphatic rings. The first-order valence-electron chi connectivity index (χ1n) is 6.96. The number of aromatic nitrogens is 3. The minimum absolute atomic E-state index is 0.0802. The van der Waals surface area contributed by atoms with Crippen LogP contribution < -0.4 is 4.72 Å². The number of benzene rings is 1. The summed E-state index contributed by atoms with van der Waals surface area (Å²) in [5.74, 6) is 0.303. The lowest BCUT2D eigenvalue weighted by Gasteiger charge is -2.05. The van der Waals surface area contributed by atoms with Crippen molar-refractivity contribution in [2.45, 2.75) is 12.3 Å². The molecule has 2 aromatic heterocycles. The third-order valence-corrected chi connectivity index (χ3v) is 4.64. The molecule has 0 radical (unpaired) electrons. The van der Waals surface area contributed by atoms with Crippen molar-refractivity contribution >= 4 is 21.6 Å². The van der Waals surface area contributed by atoms with Gasteiger partial charge in [0, 0.05) is 17.4 Å². The molecule has 1 aromatic carbocycles. The summed E-state index contributed by atoms with van der Waals surface area (Å²) in [4.78, 5) is 3.96. The maximum atomic E-state index is 12.1. The summed E-state index contributed by atoms with van der Waals surface area (Å²) in [5.41, 5.74) is 1.30. The van der Waals surface area contributed by atoms with Gasteiger partial charge in [0.05, 0.1) is 17.9 Å². The van der Waals surface area contributed by atoms with Crippen LogP contribution in [0.5, 0.6) is 0 Å². The number of hydrogen-bond acceptors (Lipinski definition) is 6. The molecule has 0 unspecified atom stereocenters. The molecular weight excluding hydrogens is 352 g/mol. The number of sulfonamides is 1. The Morgan fingerprint density at radius 2 is 1.92 bits per heavy atom. The van der Waals surface area contributed by atoms with Gasteiger partial charge < -0.3 is 4.42 Å². The van der Waals surface area contributed by atoms with Gasteiger partial charge in [-0.15, -0.1) is 10.2 Å². The molecule has 0 amide bonds. The zero-order chi connectivity index (χ0) is 17.0. The van der Waals surface area contributed by atoms with E-state index in [1.165, 1.54) is 0 Å². The molecule has 0 bridgehead atoms. The molecule has 0 spiro atoms. The predicted octanol–water partition coefficient (Wildman–Crippen LogP) is 2.40. The van der Waals surface area contributed by atoms with Crippen LogP contribution in [-0.4, -0.2) is 23.6 Å². The summed E-state index contributed by atoms with van der Waals surface area (Å²) in [6, 6.07) is 10.1. The van der Waals surface area contributed by atoms with Gasteiger partial charge in [0.1, 0.15) is 0 Å². The van der Waals surface area contributed by atoms with Crippen LogP contribution in [0.2, 0.25) is 5.02 Å². The Labute approximate surface area is 143 Å². The Balaban J connectivity index is 1.63. The topological polar surface area (TPSA) is 98.0 Å². The van der Waals surface area contributed by atoms with Crippen LogP contribution in [0.4, 0.5) is 0 Å². The average molecular weight is 365 g/mol. The second-order valence-corrected chi connectivity index (χ2v) is 7.19.